The molecule has 2 aromatic heterocycles. The number of ketones is 1. The molecule has 0 spiro atoms. The SMILES string of the molecule is CC1(C)CC(=O)c2c(Nc3ccccc3)c(-c3ccncc3)n(CC(F)(F)F)c2C1. The van der Waals surface area contributed by atoms with Gasteiger partial charge in [0.05, 0.1) is 16.9 Å². The average Bonchev–Trinajstić information content (AvgIpc) is 2.94. The van der Waals surface area contributed by atoms with Gasteiger partial charge in [0.2, 0.25) is 0 Å². The van der Waals surface area contributed by atoms with Crippen LogP contribution in [0, 0.1) is 5.41 Å². The highest BCUT2D eigenvalue weighted by molar-refractivity contribution is 6.08. The molecule has 0 saturated heterocycles. The van der Waals surface area contributed by atoms with E-state index in [2.05, 4.69) is 10.3 Å². The van der Waals surface area contributed by atoms with Crippen LogP contribution in [0.4, 0.5) is 24.5 Å². The molecule has 4 rings (SSSR count). The lowest BCUT2D eigenvalue weighted by atomic mass is 9.76. The second-order valence-corrected chi connectivity index (χ2v) is 8.41. The first-order valence-electron chi connectivity index (χ1n) is 9.72. The maximum Gasteiger partial charge on any atom is 0.406 e. The quantitative estimate of drug-likeness (QED) is 0.570. The number of carbonyl (C=O) groups is 1. The Labute approximate surface area is 172 Å². The van der Waals surface area contributed by atoms with E-state index < -0.39 is 18.1 Å². The summed E-state index contributed by atoms with van der Waals surface area (Å²) in [7, 11) is 0. The highest BCUT2D eigenvalue weighted by atomic mass is 19.4. The number of benzene rings is 1. The van der Waals surface area contributed by atoms with E-state index in [9.17, 15) is 18.0 Å². The lowest BCUT2D eigenvalue weighted by Crippen LogP contribution is -2.30. The van der Waals surface area contributed by atoms with Gasteiger partial charge >= 0.3 is 6.18 Å². The zero-order chi connectivity index (χ0) is 21.5. The van der Waals surface area contributed by atoms with Crippen LogP contribution < -0.4 is 5.32 Å². The van der Waals surface area contributed by atoms with Gasteiger partial charge in [0.25, 0.3) is 0 Å². The first kappa shape index (κ1) is 20.2. The van der Waals surface area contributed by atoms with Gasteiger partial charge in [-0.1, -0.05) is 32.0 Å². The van der Waals surface area contributed by atoms with Crippen molar-refractivity contribution in [1.29, 1.82) is 0 Å². The Hall–Kier alpha value is -3.09. The molecule has 0 atom stereocenters. The van der Waals surface area contributed by atoms with Crippen molar-refractivity contribution in [3.05, 3.63) is 66.1 Å². The molecule has 1 aromatic carbocycles. The summed E-state index contributed by atoms with van der Waals surface area (Å²) in [6, 6.07) is 12.5. The number of nitrogens with zero attached hydrogens (tertiary/aromatic N) is 2. The summed E-state index contributed by atoms with van der Waals surface area (Å²) in [6.07, 6.45) is -0.675. The van der Waals surface area contributed by atoms with Crippen molar-refractivity contribution in [2.75, 3.05) is 5.32 Å². The predicted octanol–water partition coefficient (Wildman–Crippen LogP) is 6.01. The Morgan fingerprint density at radius 1 is 1.07 bits per heavy atom. The second kappa shape index (κ2) is 7.31. The highest BCUT2D eigenvalue weighted by Crippen LogP contribution is 2.46. The lowest BCUT2D eigenvalue weighted by molar-refractivity contribution is -0.140. The van der Waals surface area contributed by atoms with Crippen molar-refractivity contribution in [2.24, 2.45) is 5.41 Å². The maximum atomic E-state index is 13.6. The average molecular weight is 413 g/mol. The van der Waals surface area contributed by atoms with Crippen LogP contribution in [0.15, 0.2) is 54.9 Å². The number of para-hydroxylation sites is 1. The number of hydrogen-bond acceptors (Lipinski definition) is 3. The van der Waals surface area contributed by atoms with Gasteiger partial charge in [0.1, 0.15) is 6.54 Å². The van der Waals surface area contributed by atoms with Crippen molar-refractivity contribution in [3.63, 3.8) is 0 Å². The Kier molecular flexibility index (Phi) is 4.92. The van der Waals surface area contributed by atoms with E-state index in [-0.39, 0.29) is 12.2 Å². The fraction of sp³-hybridized carbons (Fsp3) is 0.304. The highest BCUT2D eigenvalue weighted by Gasteiger charge is 2.40. The number of fused-ring (bicyclic) bond motifs is 1. The molecule has 0 radical (unpaired) electrons. The predicted molar refractivity (Wildman–Crippen MR) is 110 cm³/mol. The van der Waals surface area contributed by atoms with Crippen LogP contribution in [-0.2, 0) is 13.0 Å². The normalized spacial score (nSPS) is 15.7. The molecule has 3 aromatic rings. The standard InChI is InChI=1S/C23H22F3N3O/c1-22(2)12-17-19(18(30)13-22)20(28-16-6-4-3-5-7-16)21(15-8-10-27-11-9-15)29(17)14-23(24,25)26/h3-11,28H,12-14H2,1-2H3. The molecule has 1 N–H and O–H groups in total. The third kappa shape index (κ3) is 3.97. The van der Waals surface area contributed by atoms with Crippen molar-refractivity contribution in [1.82, 2.24) is 9.55 Å². The summed E-state index contributed by atoms with van der Waals surface area (Å²) in [5, 5.41) is 3.23. The van der Waals surface area contributed by atoms with E-state index in [1.165, 1.54) is 17.0 Å². The van der Waals surface area contributed by atoms with Gasteiger partial charge in [0.15, 0.2) is 5.78 Å². The summed E-state index contributed by atoms with van der Waals surface area (Å²) in [5.41, 5.74) is 2.44. The minimum atomic E-state index is -4.43. The molecule has 0 amide bonds. The first-order chi connectivity index (χ1) is 14.1. The minimum absolute atomic E-state index is 0.143. The van der Waals surface area contributed by atoms with Crippen LogP contribution in [0.25, 0.3) is 11.3 Å². The monoisotopic (exact) mass is 413 g/mol. The molecule has 4 nitrogen and oxygen atoms in total. The van der Waals surface area contributed by atoms with Gasteiger partial charge in [-0.2, -0.15) is 13.2 Å². The molecule has 156 valence electrons. The second-order valence-electron chi connectivity index (χ2n) is 8.41. The fourth-order valence-corrected chi connectivity index (χ4v) is 4.14. The Morgan fingerprint density at radius 3 is 2.37 bits per heavy atom. The number of alkyl halides is 3. The van der Waals surface area contributed by atoms with E-state index in [1.54, 1.807) is 12.1 Å². The van der Waals surface area contributed by atoms with Crippen molar-refractivity contribution < 1.29 is 18.0 Å². The van der Waals surface area contributed by atoms with Crippen molar-refractivity contribution >= 4 is 17.2 Å². The van der Waals surface area contributed by atoms with Crippen molar-refractivity contribution in [2.45, 2.75) is 39.4 Å². The summed E-state index contributed by atoms with van der Waals surface area (Å²) >= 11 is 0. The summed E-state index contributed by atoms with van der Waals surface area (Å²) in [6.45, 7) is 2.66. The van der Waals surface area contributed by atoms with Gasteiger partial charge in [-0.3, -0.25) is 9.78 Å². The Morgan fingerprint density at radius 2 is 1.73 bits per heavy atom. The molecule has 2 heterocycles. The number of nitrogens with one attached hydrogen (secondary N) is 1. The lowest BCUT2D eigenvalue weighted by Gasteiger charge is -2.30. The largest absolute Gasteiger partial charge is 0.406 e. The van der Waals surface area contributed by atoms with Crippen LogP contribution in [0.2, 0.25) is 0 Å². The zero-order valence-electron chi connectivity index (χ0n) is 16.8. The Bertz CT molecular complexity index is 1070. The number of rotatable bonds is 4. The van der Waals surface area contributed by atoms with Gasteiger partial charge in [-0.05, 0) is 36.1 Å². The summed E-state index contributed by atoms with van der Waals surface area (Å²) < 4.78 is 42.0. The number of halogens is 3. The van der Waals surface area contributed by atoms with E-state index in [0.29, 0.717) is 40.3 Å². The van der Waals surface area contributed by atoms with Gasteiger partial charge < -0.3 is 9.88 Å². The number of hydrogen-bond donors (Lipinski definition) is 1. The third-order valence-electron chi connectivity index (χ3n) is 5.27. The molecule has 0 bridgehead atoms. The fourth-order valence-electron chi connectivity index (χ4n) is 4.14. The number of Topliss-reactive ketones (excluding diaryl/α,β-unsaturated/α-hetero) is 1. The first-order valence-corrected chi connectivity index (χ1v) is 9.72. The number of aromatic nitrogens is 2. The van der Waals surface area contributed by atoms with Crippen LogP contribution >= 0.6 is 0 Å². The van der Waals surface area contributed by atoms with Crippen LogP contribution in [-0.4, -0.2) is 21.5 Å². The van der Waals surface area contributed by atoms with Gasteiger partial charge in [-0.15, -0.1) is 0 Å². The number of carbonyl (C=O) groups excluding carboxylic acids is 1. The molecule has 1 aliphatic carbocycles. The summed E-state index contributed by atoms with van der Waals surface area (Å²) in [5.74, 6) is -0.143. The van der Waals surface area contributed by atoms with Gasteiger partial charge in [-0.25, -0.2) is 0 Å². The molecule has 0 aliphatic heterocycles. The van der Waals surface area contributed by atoms with Crippen LogP contribution in [0.5, 0.6) is 0 Å². The zero-order valence-corrected chi connectivity index (χ0v) is 16.8. The third-order valence-corrected chi connectivity index (χ3v) is 5.27. The van der Waals surface area contributed by atoms with E-state index in [0.717, 1.165) is 0 Å². The smallest absolute Gasteiger partial charge is 0.353 e. The van der Waals surface area contributed by atoms with Gasteiger partial charge in [0, 0.05) is 35.8 Å². The molecular formula is C23H22F3N3O. The maximum absolute atomic E-state index is 13.6. The number of anilines is 2. The Balaban J connectivity index is 2.01. The molecule has 7 heteroatoms. The minimum Gasteiger partial charge on any atom is -0.353 e. The molecule has 0 unspecified atom stereocenters. The number of pyridine rings is 1. The molecule has 0 fully saturated rings. The molecule has 1 aliphatic rings. The molecular weight excluding hydrogens is 391 g/mol. The molecule has 0 saturated carbocycles. The van der Waals surface area contributed by atoms with E-state index in [4.69, 9.17) is 0 Å². The van der Waals surface area contributed by atoms with E-state index >= 15 is 0 Å². The summed E-state index contributed by atoms with van der Waals surface area (Å²) in [4.78, 5) is 17.1. The van der Waals surface area contributed by atoms with Crippen molar-refractivity contribution in [3.8, 4) is 11.3 Å². The molecule has 30 heavy (non-hydrogen) atoms. The van der Waals surface area contributed by atoms with E-state index in [1.807, 2.05) is 44.2 Å². The topological polar surface area (TPSA) is 46.9 Å². The van der Waals surface area contributed by atoms with Crippen LogP contribution in [0.1, 0.15) is 36.3 Å². The van der Waals surface area contributed by atoms with Crippen LogP contribution in [0.3, 0.4) is 0 Å².